The highest BCUT2D eigenvalue weighted by atomic mass is 16.6. The lowest BCUT2D eigenvalue weighted by Crippen LogP contribution is -2.39. The van der Waals surface area contributed by atoms with Gasteiger partial charge in [-0.1, -0.05) is 12.2 Å². The lowest BCUT2D eigenvalue weighted by atomic mass is 9.95. The van der Waals surface area contributed by atoms with Gasteiger partial charge >= 0.3 is 5.97 Å². The third kappa shape index (κ3) is 0.964. The predicted octanol–water partition coefficient (Wildman–Crippen LogP) is -0.870. The Balaban J connectivity index is 2.32. The quantitative estimate of drug-likeness (QED) is 0.461. The van der Waals surface area contributed by atoms with Crippen LogP contribution in [0.1, 0.15) is 0 Å². The van der Waals surface area contributed by atoms with Crippen molar-refractivity contribution in [1.29, 1.82) is 0 Å². The Bertz CT molecular complexity index is 279. The molecule has 0 saturated heterocycles. The smallest absolute Gasteiger partial charge is 0.331 e. The Labute approximate surface area is 68.8 Å². The second-order valence-corrected chi connectivity index (χ2v) is 2.84. The molecule has 0 aromatic heterocycles. The largest absolute Gasteiger partial charge is 0.451 e. The second-order valence-electron chi connectivity index (χ2n) is 2.84. The molecule has 0 radical (unpaired) electrons. The molecular weight excluding hydrogens is 160 g/mol. The van der Waals surface area contributed by atoms with E-state index in [4.69, 9.17) is 9.84 Å². The van der Waals surface area contributed by atoms with Gasteiger partial charge in [-0.25, -0.2) is 4.79 Å². The molecule has 2 aliphatic rings. The first-order chi connectivity index (χ1) is 5.68. The third-order valence-corrected chi connectivity index (χ3v) is 2.00. The molecule has 0 aromatic rings. The number of ether oxygens (including phenoxy) is 1. The molecule has 0 saturated carbocycles. The molecule has 1 heterocycles. The van der Waals surface area contributed by atoms with E-state index in [0.29, 0.717) is 5.57 Å². The molecule has 1 aliphatic heterocycles. The van der Waals surface area contributed by atoms with Crippen molar-refractivity contribution in [3.05, 3.63) is 23.8 Å². The van der Waals surface area contributed by atoms with Crippen LogP contribution in [0.15, 0.2) is 23.8 Å². The van der Waals surface area contributed by atoms with Crippen molar-refractivity contribution in [2.24, 2.45) is 0 Å². The highest BCUT2D eigenvalue weighted by Crippen LogP contribution is 2.26. The van der Waals surface area contributed by atoms with E-state index in [1.807, 2.05) is 0 Å². The molecule has 12 heavy (non-hydrogen) atoms. The molecule has 64 valence electrons. The standard InChI is InChI=1S/C8H8O4/c9-5-2-1-4-3-6(10)12-8(4)7(5)11/h1-3,5,7-9,11H. The summed E-state index contributed by atoms with van der Waals surface area (Å²) >= 11 is 0. The number of hydrogen-bond donors (Lipinski definition) is 2. The molecule has 3 atom stereocenters. The van der Waals surface area contributed by atoms with Gasteiger partial charge in [-0.05, 0) is 0 Å². The second kappa shape index (κ2) is 2.43. The van der Waals surface area contributed by atoms with Crippen LogP contribution < -0.4 is 0 Å². The van der Waals surface area contributed by atoms with Crippen LogP contribution in [0, 0.1) is 0 Å². The fourth-order valence-electron chi connectivity index (χ4n) is 1.36. The van der Waals surface area contributed by atoms with E-state index in [2.05, 4.69) is 0 Å². The van der Waals surface area contributed by atoms with E-state index >= 15 is 0 Å². The predicted molar refractivity (Wildman–Crippen MR) is 39.1 cm³/mol. The third-order valence-electron chi connectivity index (χ3n) is 2.00. The maximum Gasteiger partial charge on any atom is 0.331 e. The molecule has 4 heteroatoms. The number of esters is 1. The monoisotopic (exact) mass is 168 g/mol. The SMILES string of the molecule is O=C1C=C2C=CC(O)C(O)C2O1. The summed E-state index contributed by atoms with van der Waals surface area (Å²) < 4.78 is 4.76. The Morgan fingerprint density at radius 2 is 2.17 bits per heavy atom. The van der Waals surface area contributed by atoms with E-state index in [9.17, 15) is 9.90 Å². The molecule has 3 unspecified atom stereocenters. The van der Waals surface area contributed by atoms with E-state index < -0.39 is 24.3 Å². The van der Waals surface area contributed by atoms with Gasteiger partial charge in [0.15, 0.2) is 6.10 Å². The lowest BCUT2D eigenvalue weighted by Gasteiger charge is -2.25. The summed E-state index contributed by atoms with van der Waals surface area (Å²) in [5, 5.41) is 18.5. The topological polar surface area (TPSA) is 66.8 Å². The van der Waals surface area contributed by atoms with Gasteiger partial charge in [-0.3, -0.25) is 0 Å². The number of fused-ring (bicyclic) bond motifs is 1. The molecule has 0 bridgehead atoms. The fraction of sp³-hybridized carbons (Fsp3) is 0.375. The van der Waals surface area contributed by atoms with Crippen LogP contribution in [0.25, 0.3) is 0 Å². The highest BCUT2D eigenvalue weighted by molar-refractivity contribution is 5.87. The zero-order chi connectivity index (χ0) is 8.72. The van der Waals surface area contributed by atoms with Gasteiger partial charge in [0.1, 0.15) is 12.2 Å². The molecular formula is C8H8O4. The van der Waals surface area contributed by atoms with Crippen LogP contribution in [0.2, 0.25) is 0 Å². The van der Waals surface area contributed by atoms with Gasteiger partial charge in [0.05, 0.1) is 0 Å². The fourth-order valence-corrected chi connectivity index (χ4v) is 1.36. The van der Waals surface area contributed by atoms with Crippen LogP contribution in [0.3, 0.4) is 0 Å². The first-order valence-electron chi connectivity index (χ1n) is 3.65. The van der Waals surface area contributed by atoms with Crippen LogP contribution in [0.4, 0.5) is 0 Å². The Morgan fingerprint density at radius 1 is 1.42 bits per heavy atom. The molecule has 1 aliphatic carbocycles. The average molecular weight is 168 g/mol. The first kappa shape index (κ1) is 7.52. The summed E-state index contributed by atoms with van der Waals surface area (Å²) in [4.78, 5) is 10.7. The summed E-state index contributed by atoms with van der Waals surface area (Å²) in [6.45, 7) is 0. The van der Waals surface area contributed by atoms with Gasteiger partial charge in [0.2, 0.25) is 0 Å². The molecule has 2 rings (SSSR count). The number of carbonyl (C=O) groups is 1. The van der Waals surface area contributed by atoms with Crippen LogP contribution in [0.5, 0.6) is 0 Å². The lowest BCUT2D eigenvalue weighted by molar-refractivity contribution is -0.145. The van der Waals surface area contributed by atoms with Crippen molar-refractivity contribution < 1.29 is 19.7 Å². The summed E-state index contributed by atoms with van der Waals surface area (Å²) in [7, 11) is 0. The van der Waals surface area contributed by atoms with Gasteiger partial charge in [-0.15, -0.1) is 0 Å². The highest BCUT2D eigenvalue weighted by Gasteiger charge is 2.37. The number of aliphatic hydroxyl groups excluding tert-OH is 2. The molecule has 2 N–H and O–H groups in total. The van der Waals surface area contributed by atoms with E-state index in [-0.39, 0.29) is 0 Å². The molecule has 0 amide bonds. The Morgan fingerprint density at radius 3 is 2.92 bits per heavy atom. The number of aliphatic hydroxyl groups is 2. The van der Waals surface area contributed by atoms with Crippen LogP contribution >= 0.6 is 0 Å². The zero-order valence-electron chi connectivity index (χ0n) is 6.18. The zero-order valence-corrected chi connectivity index (χ0v) is 6.18. The number of carbonyl (C=O) groups excluding carboxylic acids is 1. The minimum Gasteiger partial charge on any atom is -0.451 e. The first-order valence-corrected chi connectivity index (χ1v) is 3.65. The van der Waals surface area contributed by atoms with Crippen LogP contribution in [-0.2, 0) is 9.53 Å². The molecule has 0 fully saturated rings. The summed E-state index contributed by atoms with van der Waals surface area (Å²) in [5.74, 6) is -0.465. The summed E-state index contributed by atoms with van der Waals surface area (Å²) in [6.07, 6.45) is 1.68. The molecule has 0 spiro atoms. The van der Waals surface area contributed by atoms with E-state index in [1.54, 1.807) is 6.08 Å². The van der Waals surface area contributed by atoms with E-state index in [0.717, 1.165) is 0 Å². The maximum atomic E-state index is 10.7. The average Bonchev–Trinajstić information content (AvgIpc) is 2.39. The maximum absolute atomic E-state index is 10.7. The number of hydrogen-bond acceptors (Lipinski definition) is 4. The van der Waals surface area contributed by atoms with Crippen molar-refractivity contribution in [2.45, 2.75) is 18.3 Å². The van der Waals surface area contributed by atoms with E-state index in [1.165, 1.54) is 12.2 Å². The van der Waals surface area contributed by atoms with Crippen LogP contribution in [-0.4, -0.2) is 34.5 Å². The van der Waals surface area contributed by atoms with Crippen molar-refractivity contribution in [2.75, 3.05) is 0 Å². The van der Waals surface area contributed by atoms with Gasteiger partial charge < -0.3 is 14.9 Å². The Kier molecular flexibility index (Phi) is 1.52. The Hall–Kier alpha value is -1.13. The minimum atomic E-state index is -1.03. The van der Waals surface area contributed by atoms with Crippen molar-refractivity contribution in [1.82, 2.24) is 0 Å². The van der Waals surface area contributed by atoms with Gasteiger partial charge in [-0.2, -0.15) is 0 Å². The van der Waals surface area contributed by atoms with Gasteiger partial charge in [0.25, 0.3) is 0 Å². The summed E-state index contributed by atoms with van der Waals surface area (Å²) in [6, 6.07) is 0. The molecule has 0 aromatic carbocycles. The van der Waals surface area contributed by atoms with Crippen molar-refractivity contribution in [3.8, 4) is 0 Å². The number of rotatable bonds is 0. The normalized spacial score (nSPS) is 39.0. The van der Waals surface area contributed by atoms with Gasteiger partial charge in [0, 0.05) is 11.6 Å². The summed E-state index contributed by atoms with van der Waals surface area (Å²) in [5.41, 5.74) is 0.623. The molecule has 4 nitrogen and oxygen atoms in total. The van der Waals surface area contributed by atoms with Crippen molar-refractivity contribution in [3.63, 3.8) is 0 Å². The minimum absolute atomic E-state index is 0.465. The van der Waals surface area contributed by atoms with Crippen molar-refractivity contribution >= 4 is 5.97 Å².